The molecule has 16 heavy (non-hydrogen) atoms. The highest BCUT2D eigenvalue weighted by Gasteiger charge is 2.20. The molecular formula is C14H21NO. The van der Waals surface area contributed by atoms with E-state index in [4.69, 9.17) is 5.11 Å². The van der Waals surface area contributed by atoms with Gasteiger partial charge < -0.3 is 10.0 Å². The Bertz CT molecular complexity index is 337. The summed E-state index contributed by atoms with van der Waals surface area (Å²) in [5, 5.41) is 8.92. The summed E-state index contributed by atoms with van der Waals surface area (Å²) >= 11 is 0. The van der Waals surface area contributed by atoms with E-state index >= 15 is 0 Å². The summed E-state index contributed by atoms with van der Waals surface area (Å²) in [7, 11) is 2.09. The molecule has 2 nitrogen and oxygen atoms in total. The lowest BCUT2D eigenvalue weighted by atomic mass is 9.82. The second-order valence-corrected chi connectivity index (χ2v) is 4.77. The Morgan fingerprint density at radius 2 is 2.19 bits per heavy atom. The molecule has 0 radical (unpaired) electrons. The highest BCUT2D eigenvalue weighted by Crippen LogP contribution is 2.31. The van der Waals surface area contributed by atoms with Crippen LogP contribution in [-0.2, 0) is 6.42 Å². The summed E-state index contributed by atoms with van der Waals surface area (Å²) in [6, 6.07) is 8.81. The molecule has 1 aliphatic rings. The highest BCUT2D eigenvalue weighted by atomic mass is 16.3. The minimum Gasteiger partial charge on any atom is -0.395 e. The molecule has 0 aliphatic heterocycles. The van der Waals surface area contributed by atoms with E-state index in [1.807, 2.05) is 0 Å². The zero-order valence-electron chi connectivity index (χ0n) is 10.0. The van der Waals surface area contributed by atoms with Gasteiger partial charge in [-0.2, -0.15) is 0 Å². The van der Waals surface area contributed by atoms with Crippen molar-refractivity contribution in [3.63, 3.8) is 0 Å². The second kappa shape index (κ2) is 5.46. The van der Waals surface area contributed by atoms with Crippen molar-refractivity contribution in [3.8, 4) is 0 Å². The van der Waals surface area contributed by atoms with E-state index in [2.05, 4.69) is 36.2 Å². The van der Waals surface area contributed by atoms with Crippen molar-refractivity contribution in [1.82, 2.24) is 4.90 Å². The van der Waals surface area contributed by atoms with Crippen LogP contribution in [0.4, 0.5) is 0 Å². The van der Waals surface area contributed by atoms with Gasteiger partial charge in [-0.25, -0.2) is 0 Å². The molecule has 1 N–H and O–H groups in total. The monoisotopic (exact) mass is 219 g/mol. The number of hydrogen-bond acceptors (Lipinski definition) is 2. The van der Waals surface area contributed by atoms with Gasteiger partial charge in [-0.3, -0.25) is 0 Å². The van der Waals surface area contributed by atoms with Crippen LogP contribution in [0.3, 0.4) is 0 Å². The van der Waals surface area contributed by atoms with Crippen molar-refractivity contribution < 1.29 is 5.11 Å². The largest absolute Gasteiger partial charge is 0.395 e. The molecule has 0 amide bonds. The SMILES string of the molecule is CN(CCO)C[C@H]1CCCc2ccccc21. The second-order valence-electron chi connectivity index (χ2n) is 4.77. The summed E-state index contributed by atoms with van der Waals surface area (Å²) in [6.45, 7) is 2.10. The summed E-state index contributed by atoms with van der Waals surface area (Å²) in [5.41, 5.74) is 3.05. The fourth-order valence-corrected chi connectivity index (χ4v) is 2.68. The lowest BCUT2D eigenvalue weighted by molar-refractivity contribution is 0.211. The molecule has 0 fully saturated rings. The van der Waals surface area contributed by atoms with Gasteiger partial charge in [-0.1, -0.05) is 24.3 Å². The first-order chi connectivity index (χ1) is 7.81. The molecule has 0 unspecified atom stereocenters. The lowest BCUT2D eigenvalue weighted by Gasteiger charge is -2.29. The first kappa shape index (κ1) is 11.6. The van der Waals surface area contributed by atoms with Gasteiger partial charge in [0.2, 0.25) is 0 Å². The fraction of sp³-hybridized carbons (Fsp3) is 0.571. The molecular weight excluding hydrogens is 198 g/mol. The Morgan fingerprint density at radius 1 is 1.38 bits per heavy atom. The van der Waals surface area contributed by atoms with Crippen LogP contribution in [0.25, 0.3) is 0 Å². The minimum absolute atomic E-state index is 0.255. The standard InChI is InChI=1S/C14H21NO/c1-15(9-10-16)11-13-7-4-6-12-5-2-3-8-14(12)13/h2-3,5,8,13,16H,4,6-7,9-11H2,1H3/t13-/m1/s1. The van der Waals surface area contributed by atoms with Gasteiger partial charge >= 0.3 is 0 Å². The number of aliphatic hydroxyl groups excluding tert-OH is 1. The van der Waals surface area contributed by atoms with E-state index in [-0.39, 0.29) is 6.61 Å². The summed E-state index contributed by atoms with van der Waals surface area (Å²) < 4.78 is 0. The number of fused-ring (bicyclic) bond motifs is 1. The molecule has 0 saturated carbocycles. The third-order valence-electron chi connectivity index (χ3n) is 3.51. The Balaban J connectivity index is 2.07. The van der Waals surface area contributed by atoms with Crippen molar-refractivity contribution in [1.29, 1.82) is 0 Å². The van der Waals surface area contributed by atoms with Gasteiger partial charge in [0.1, 0.15) is 0 Å². The number of nitrogens with zero attached hydrogens (tertiary/aromatic N) is 1. The number of benzene rings is 1. The summed E-state index contributed by atoms with van der Waals surface area (Å²) in [5.74, 6) is 0.654. The number of hydrogen-bond donors (Lipinski definition) is 1. The van der Waals surface area contributed by atoms with Crippen molar-refractivity contribution in [2.75, 3.05) is 26.7 Å². The van der Waals surface area contributed by atoms with E-state index < -0.39 is 0 Å². The van der Waals surface area contributed by atoms with Crippen LogP contribution in [-0.4, -0.2) is 36.8 Å². The Hall–Kier alpha value is -0.860. The maximum absolute atomic E-state index is 8.92. The molecule has 0 aromatic heterocycles. The first-order valence-corrected chi connectivity index (χ1v) is 6.18. The van der Waals surface area contributed by atoms with Crippen LogP contribution < -0.4 is 0 Å². The molecule has 1 aromatic rings. The summed E-state index contributed by atoms with van der Waals surface area (Å²) in [4.78, 5) is 2.23. The smallest absolute Gasteiger partial charge is 0.0558 e. The van der Waals surface area contributed by atoms with Gasteiger partial charge in [0.15, 0.2) is 0 Å². The third-order valence-corrected chi connectivity index (χ3v) is 3.51. The molecule has 88 valence electrons. The van der Waals surface area contributed by atoms with E-state index in [1.165, 1.54) is 30.4 Å². The normalized spacial score (nSPS) is 19.8. The third kappa shape index (κ3) is 2.63. The number of likely N-dealkylation sites (N-methyl/N-ethyl adjacent to an activating group) is 1. The van der Waals surface area contributed by atoms with E-state index in [0.29, 0.717) is 5.92 Å². The zero-order valence-corrected chi connectivity index (χ0v) is 10.0. The average Bonchev–Trinajstić information content (AvgIpc) is 2.30. The molecule has 0 saturated heterocycles. The molecule has 0 bridgehead atoms. The van der Waals surface area contributed by atoms with Crippen LogP contribution in [0.2, 0.25) is 0 Å². The minimum atomic E-state index is 0.255. The van der Waals surface area contributed by atoms with Crippen LogP contribution in [0.1, 0.15) is 29.9 Å². The van der Waals surface area contributed by atoms with Crippen LogP contribution in [0.15, 0.2) is 24.3 Å². The van der Waals surface area contributed by atoms with E-state index in [9.17, 15) is 0 Å². The topological polar surface area (TPSA) is 23.5 Å². The maximum atomic E-state index is 8.92. The predicted octanol–water partition coefficient (Wildman–Crippen LogP) is 2.03. The average molecular weight is 219 g/mol. The molecule has 0 heterocycles. The van der Waals surface area contributed by atoms with Crippen molar-refractivity contribution in [2.45, 2.75) is 25.2 Å². The van der Waals surface area contributed by atoms with E-state index in [0.717, 1.165) is 13.1 Å². The number of aryl methyl sites for hydroxylation is 1. The van der Waals surface area contributed by atoms with Crippen molar-refractivity contribution in [2.24, 2.45) is 0 Å². The molecule has 2 heteroatoms. The zero-order chi connectivity index (χ0) is 11.4. The number of aliphatic hydroxyl groups is 1. The highest BCUT2D eigenvalue weighted by molar-refractivity contribution is 5.32. The molecule has 1 aliphatic carbocycles. The predicted molar refractivity (Wildman–Crippen MR) is 66.7 cm³/mol. The van der Waals surface area contributed by atoms with Crippen LogP contribution in [0, 0.1) is 0 Å². The fourth-order valence-electron chi connectivity index (χ4n) is 2.68. The van der Waals surface area contributed by atoms with Gasteiger partial charge in [0.05, 0.1) is 6.61 Å². The Kier molecular flexibility index (Phi) is 3.97. The molecule has 1 aromatic carbocycles. The summed E-state index contributed by atoms with van der Waals surface area (Å²) in [6.07, 6.45) is 3.82. The van der Waals surface area contributed by atoms with Gasteiger partial charge in [-0.05, 0) is 43.4 Å². The Morgan fingerprint density at radius 3 is 3.00 bits per heavy atom. The van der Waals surface area contributed by atoms with E-state index in [1.54, 1.807) is 0 Å². The van der Waals surface area contributed by atoms with Crippen LogP contribution in [0.5, 0.6) is 0 Å². The Labute approximate surface area is 97.9 Å². The van der Waals surface area contributed by atoms with Crippen molar-refractivity contribution >= 4 is 0 Å². The lowest BCUT2D eigenvalue weighted by Crippen LogP contribution is -2.29. The quantitative estimate of drug-likeness (QED) is 0.837. The number of rotatable bonds is 4. The first-order valence-electron chi connectivity index (χ1n) is 6.18. The molecule has 0 spiro atoms. The van der Waals surface area contributed by atoms with Gasteiger partial charge in [0, 0.05) is 13.1 Å². The van der Waals surface area contributed by atoms with Gasteiger partial charge in [-0.15, -0.1) is 0 Å². The van der Waals surface area contributed by atoms with Gasteiger partial charge in [0.25, 0.3) is 0 Å². The van der Waals surface area contributed by atoms with Crippen molar-refractivity contribution in [3.05, 3.63) is 35.4 Å². The van der Waals surface area contributed by atoms with Crippen LogP contribution >= 0.6 is 0 Å². The molecule has 1 atom stereocenters. The molecule has 2 rings (SSSR count). The maximum Gasteiger partial charge on any atom is 0.0558 e.